The highest BCUT2D eigenvalue weighted by Gasteiger charge is 2.43. The predicted molar refractivity (Wildman–Crippen MR) is 68.9 cm³/mol. The minimum atomic E-state index is -1.07. The van der Waals surface area contributed by atoms with Crippen molar-refractivity contribution in [3.8, 4) is 0 Å². The van der Waals surface area contributed by atoms with Crippen molar-refractivity contribution in [2.45, 2.75) is 44.7 Å². The van der Waals surface area contributed by atoms with E-state index in [4.69, 9.17) is 4.74 Å². The van der Waals surface area contributed by atoms with Crippen LogP contribution in [0.25, 0.3) is 0 Å². The SMILES string of the molecule is CC1CN(CC2CC3C=CC2O3)[Si](C)(C)C1. The molecule has 16 heavy (non-hydrogen) atoms. The molecule has 0 spiro atoms. The Morgan fingerprint density at radius 1 is 1.38 bits per heavy atom. The minimum absolute atomic E-state index is 0.436. The second kappa shape index (κ2) is 3.69. The third kappa shape index (κ3) is 1.79. The van der Waals surface area contributed by atoms with E-state index in [9.17, 15) is 0 Å². The predicted octanol–water partition coefficient (Wildman–Crippen LogP) is 2.49. The summed E-state index contributed by atoms with van der Waals surface area (Å²) < 4.78 is 8.69. The van der Waals surface area contributed by atoms with Crippen molar-refractivity contribution in [3.63, 3.8) is 0 Å². The molecule has 3 aliphatic rings. The summed E-state index contributed by atoms with van der Waals surface area (Å²) in [5.41, 5.74) is 0. The van der Waals surface area contributed by atoms with Gasteiger partial charge in [-0.05, 0) is 31.5 Å². The van der Waals surface area contributed by atoms with Gasteiger partial charge in [-0.2, -0.15) is 0 Å². The molecule has 0 aromatic carbocycles. The molecule has 0 saturated carbocycles. The lowest BCUT2D eigenvalue weighted by Gasteiger charge is -2.33. The summed E-state index contributed by atoms with van der Waals surface area (Å²) in [5.74, 6) is 1.68. The number of nitrogens with zero attached hydrogens (tertiary/aromatic N) is 1. The zero-order valence-electron chi connectivity index (χ0n) is 10.6. The Kier molecular flexibility index (Phi) is 2.53. The summed E-state index contributed by atoms with van der Waals surface area (Å²) in [7, 11) is -1.07. The molecular formula is C13H23NOSi. The van der Waals surface area contributed by atoms with E-state index >= 15 is 0 Å². The van der Waals surface area contributed by atoms with E-state index in [0.717, 1.165) is 11.8 Å². The molecule has 4 unspecified atom stereocenters. The fourth-order valence-corrected chi connectivity index (χ4v) is 7.44. The molecule has 2 saturated heterocycles. The maximum absolute atomic E-state index is 5.87. The van der Waals surface area contributed by atoms with Gasteiger partial charge in [0.2, 0.25) is 0 Å². The molecule has 0 aliphatic carbocycles. The Labute approximate surface area is 99.7 Å². The van der Waals surface area contributed by atoms with Gasteiger partial charge in [0, 0.05) is 5.92 Å². The molecule has 0 amide bonds. The lowest BCUT2D eigenvalue weighted by Crippen LogP contribution is -2.46. The van der Waals surface area contributed by atoms with Gasteiger partial charge >= 0.3 is 0 Å². The van der Waals surface area contributed by atoms with Crippen LogP contribution in [0.4, 0.5) is 0 Å². The molecule has 2 nitrogen and oxygen atoms in total. The van der Waals surface area contributed by atoms with Gasteiger partial charge in [0.05, 0.1) is 12.2 Å². The van der Waals surface area contributed by atoms with Crippen molar-refractivity contribution < 1.29 is 4.74 Å². The van der Waals surface area contributed by atoms with Crippen molar-refractivity contribution in [2.24, 2.45) is 11.8 Å². The Morgan fingerprint density at radius 2 is 2.19 bits per heavy atom. The van der Waals surface area contributed by atoms with Gasteiger partial charge in [0.25, 0.3) is 0 Å². The molecule has 0 aromatic heterocycles. The summed E-state index contributed by atoms with van der Waals surface area (Å²) in [4.78, 5) is 0. The molecule has 4 atom stereocenters. The smallest absolute Gasteiger partial charge is 0.122 e. The van der Waals surface area contributed by atoms with E-state index in [-0.39, 0.29) is 0 Å². The first-order chi connectivity index (χ1) is 7.54. The highest BCUT2D eigenvalue weighted by atomic mass is 28.3. The van der Waals surface area contributed by atoms with Crippen LogP contribution < -0.4 is 0 Å². The lowest BCUT2D eigenvalue weighted by atomic mass is 9.94. The van der Waals surface area contributed by atoms with Crippen LogP contribution in [0.15, 0.2) is 12.2 Å². The molecule has 3 heterocycles. The topological polar surface area (TPSA) is 12.5 Å². The van der Waals surface area contributed by atoms with Gasteiger partial charge < -0.3 is 9.30 Å². The average Bonchev–Trinajstić information content (AvgIpc) is 2.81. The molecule has 3 rings (SSSR count). The normalized spacial score (nSPS) is 45.7. The lowest BCUT2D eigenvalue weighted by molar-refractivity contribution is 0.105. The Balaban J connectivity index is 1.65. The van der Waals surface area contributed by atoms with E-state index in [2.05, 4.69) is 36.7 Å². The quantitative estimate of drug-likeness (QED) is 0.540. The second-order valence-corrected chi connectivity index (χ2v) is 11.2. The number of hydrogen-bond acceptors (Lipinski definition) is 2. The summed E-state index contributed by atoms with van der Waals surface area (Å²) in [6, 6.07) is 1.48. The van der Waals surface area contributed by atoms with Crippen LogP contribution in [-0.4, -0.2) is 38.1 Å². The van der Waals surface area contributed by atoms with Crippen LogP contribution in [0, 0.1) is 11.8 Å². The molecule has 0 N–H and O–H groups in total. The van der Waals surface area contributed by atoms with Crippen LogP contribution in [0.1, 0.15) is 13.3 Å². The third-order valence-electron chi connectivity index (χ3n) is 4.54. The van der Waals surface area contributed by atoms with Crippen molar-refractivity contribution in [3.05, 3.63) is 12.2 Å². The first-order valence-corrected chi connectivity index (χ1v) is 9.79. The molecule has 90 valence electrons. The van der Waals surface area contributed by atoms with Crippen molar-refractivity contribution in [2.75, 3.05) is 13.1 Å². The van der Waals surface area contributed by atoms with Gasteiger partial charge in [-0.25, -0.2) is 0 Å². The first-order valence-electron chi connectivity index (χ1n) is 6.63. The van der Waals surface area contributed by atoms with E-state index in [1.54, 1.807) is 0 Å². The molecule has 0 radical (unpaired) electrons. The van der Waals surface area contributed by atoms with Crippen LogP contribution in [0.5, 0.6) is 0 Å². The van der Waals surface area contributed by atoms with Crippen molar-refractivity contribution in [1.82, 2.24) is 4.57 Å². The summed E-state index contributed by atoms with van der Waals surface area (Å²) in [6.07, 6.45) is 6.67. The standard InChI is InChI=1S/C13H23NOSi/c1-10-7-14(16(2,3)9-10)8-11-6-12-4-5-13(11)15-12/h4-5,10-13H,6-9H2,1-3H3. The molecule has 2 bridgehead atoms. The number of ether oxygens (including phenoxy) is 1. The number of hydrogen-bond donors (Lipinski definition) is 0. The highest BCUT2D eigenvalue weighted by Crippen LogP contribution is 2.37. The minimum Gasteiger partial charge on any atom is -0.367 e. The van der Waals surface area contributed by atoms with E-state index in [0.29, 0.717) is 12.2 Å². The largest absolute Gasteiger partial charge is 0.367 e. The zero-order chi connectivity index (χ0) is 11.3. The van der Waals surface area contributed by atoms with Gasteiger partial charge in [-0.1, -0.05) is 32.2 Å². The van der Waals surface area contributed by atoms with Crippen LogP contribution in [-0.2, 0) is 4.74 Å². The number of fused-ring (bicyclic) bond motifs is 2. The van der Waals surface area contributed by atoms with Crippen LogP contribution in [0.3, 0.4) is 0 Å². The van der Waals surface area contributed by atoms with Crippen LogP contribution in [0.2, 0.25) is 19.1 Å². The van der Waals surface area contributed by atoms with Gasteiger partial charge in [-0.15, -0.1) is 0 Å². The molecular weight excluding hydrogens is 214 g/mol. The monoisotopic (exact) mass is 237 g/mol. The zero-order valence-corrected chi connectivity index (χ0v) is 11.6. The van der Waals surface area contributed by atoms with E-state index < -0.39 is 8.24 Å². The third-order valence-corrected chi connectivity index (χ3v) is 8.31. The second-order valence-electron chi connectivity index (χ2n) is 6.55. The van der Waals surface area contributed by atoms with E-state index in [1.165, 1.54) is 25.6 Å². The fourth-order valence-electron chi connectivity index (χ4n) is 3.81. The molecule has 3 aliphatic heterocycles. The average molecular weight is 237 g/mol. The van der Waals surface area contributed by atoms with Gasteiger partial charge in [0.1, 0.15) is 8.24 Å². The first kappa shape index (κ1) is 11.0. The maximum atomic E-state index is 5.87. The van der Waals surface area contributed by atoms with Crippen molar-refractivity contribution >= 4 is 8.24 Å². The maximum Gasteiger partial charge on any atom is 0.122 e. The Hall–Kier alpha value is -0.123. The highest BCUT2D eigenvalue weighted by molar-refractivity contribution is 6.75. The van der Waals surface area contributed by atoms with E-state index in [1.807, 2.05) is 0 Å². The Morgan fingerprint density at radius 3 is 2.69 bits per heavy atom. The fraction of sp³-hybridized carbons (Fsp3) is 0.846. The molecule has 0 aromatic rings. The number of rotatable bonds is 2. The molecule has 3 heteroatoms. The van der Waals surface area contributed by atoms with Crippen LogP contribution >= 0.6 is 0 Å². The summed E-state index contributed by atoms with van der Waals surface area (Å²) in [6.45, 7) is 10.1. The van der Waals surface area contributed by atoms with Gasteiger partial charge in [0.15, 0.2) is 0 Å². The molecule has 2 fully saturated rings. The summed E-state index contributed by atoms with van der Waals surface area (Å²) in [5, 5.41) is 0. The Bertz CT molecular complexity index is 315. The summed E-state index contributed by atoms with van der Waals surface area (Å²) >= 11 is 0. The van der Waals surface area contributed by atoms with Gasteiger partial charge in [-0.3, -0.25) is 0 Å². The van der Waals surface area contributed by atoms with Crippen molar-refractivity contribution in [1.29, 1.82) is 0 Å².